The molecule has 0 saturated carbocycles. The Morgan fingerprint density at radius 3 is 2.70 bits per heavy atom. The predicted molar refractivity (Wildman–Crippen MR) is 87.8 cm³/mol. The van der Waals surface area contributed by atoms with E-state index in [0.29, 0.717) is 11.5 Å². The first-order chi connectivity index (χ1) is 10.9. The van der Waals surface area contributed by atoms with Crippen molar-refractivity contribution < 1.29 is 14.4 Å². The molecule has 6 heteroatoms. The molecule has 1 aromatic heterocycles. The number of primary amides is 1. The van der Waals surface area contributed by atoms with Crippen molar-refractivity contribution in [2.75, 3.05) is 0 Å². The molecule has 0 bridgehead atoms. The average Bonchev–Trinajstić information content (AvgIpc) is 2.86. The van der Waals surface area contributed by atoms with E-state index in [1.165, 1.54) is 23.5 Å². The largest absolute Gasteiger partial charge is 0.350 e. The quantitative estimate of drug-likeness (QED) is 0.514. The summed E-state index contributed by atoms with van der Waals surface area (Å²) in [6, 6.07) is 6.74. The highest BCUT2D eigenvalue weighted by Gasteiger charge is 2.12. The third kappa shape index (κ3) is 4.55. The lowest BCUT2D eigenvalue weighted by atomic mass is 10.1. The van der Waals surface area contributed by atoms with Crippen molar-refractivity contribution in [1.29, 1.82) is 0 Å². The minimum absolute atomic E-state index is 0.250. The maximum absolute atomic E-state index is 12.9. The fraction of sp³-hybridized carbons (Fsp3) is 0.235. The lowest BCUT2D eigenvalue weighted by molar-refractivity contribution is -0.0536. The van der Waals surface area contributed by atoms with E-state index >= 15 is 0 Å². The Kier molecular flexibility index (Phi) is 5.37. The van der Waals surface area contributed by atoms with Crippen molar-refractivity contribution in [2.24, 2.45) is 5.73 Å². The van der Waals surface area contributed by atoms with Crippen LogP contribution in [-0.2, 0) is 6.42 Å². The van der Waals surface area contributed by atoms with Crippen LogP contribution in [0.3, 0.4) is 0 Å². The van der Waals surface area contributed by atoms with Crippen LogP contribution in [0.1, 0.15) is 27.8 Å². The second-order valence-electron chi connectivity index (χ2n) is 5.15. The molecule has 1 heterocycles. The molecule has 0 unspecified atom stereocenters. The molecule has 3 N–H and O–H groups in total. The molecule has 0 fully saturated rings. The highest BCUT2D eigenvalue weighted by molar-refractivity contribution is 7.12. The smallest absolute Gasteiger partial charge is 0.339 e. The van der Waals surface area contributed by atoms with Crippen LogP contribution < -0.4 is 5.73 Å². The van der Waals surface area contributed by atoms with Crippen LogP contribution in [0.25, 0.3) is 0 Å². The molecule has 0 spiro atoms. The van der Waals surface area contributed by atoms with E-state index in [1.807, 2.05) is 13.0 Å². The first kappa shape index (κ1) is 17.0. The van der Waals surface area contributed by atoms with Crippen LogP contribution in [0.4, 0.5) is 9.18 Å². The molecular formula is C17H17FN2O2S. The van der Waals surface area contributed by atoms with Crippen LogP contribution in [0.2, 0.25) is 0 Å². The number of rotatable bonds is 3. The standard InChI is InChI=1S/C17H17FN2O2S/c1-11-9-15(8-3-12(2)20(22)17(19)21)23-16(11)10-13-4-6-14(18)7-5-13/h4-7,9,12,22H,10H2,1-2H3,(H2,19,21)/t12-/m1/s1. The monoisotopic (exact) mass is 332 g/mol. The summed E-state index contributed by atoms with van der Waals surface area (Å²) in [6.07, 6.45) is 0.710. The fourth-order valence-electron chi connectivity index (χ4n) is 1.97. The lowest BCUT2D eigenvalue weighted by Gasteiger charge is -2.14. The lowest BCUT2D eigenvalue weighted by Crippen LogP contribution is -2.38. The molecule has 0 saturated heterocycles. The second-order valence-corrected chi connectivity index (χ2v) is 6.28. The highest BCUT2D eigenvalue weighted by Crippen LogP contribution is 2.24. The maximum atomic E-state index is 12.9. The summed E-state index contributed by atoms with van der Waals surface area (Å²) in [5.74, 6) is 5.46. The zero-order valence-electron chi connectivity index (χ0n) is 12.8. The van der Waals surface area contributed by atoms with E-state index < -0.39 is 12.1 Å². The van der Waals surface area contributed by atoms with Gasteiger partial charge in [0, 0.05) is 11.3 Å². The molecule has 2 rings (SSSR count). The van der Waals surface area contributed by atoms with Crippen molar-refractivity contribution in [1.82, 2.24) is 5.06 Å². The summed E-state index contributed by atoms with van der Waals surface area (Å²) >= 11 is 1.54. The molecule has 0 aliphatic rings. The number of hydrogen-bond acceptors (Lipinski definition) is 3. The molecule has 2 amide bonds. The Morgan fingerprint density at radius 2 is 2.09 bits per heavy atom. The van der Waals surface area contributed by atoms with Crippen molar-refractivity contribution in [3.8, 4) is 11.8 Å². The molecule has 1 atom stereocenters. The normalized spacial score (nSPS) is 11.5. The molecule has 1 aromatic carbocycles. The van der Waals surface area contributed by atoms with Gasteiger partial charge in [0.1, 0.15) is 11.9 Å². The third-order valence-electron chi connectivity index (χ3n) is 3.30. The molecule has 0 radical (unpaired) electrons. The molecule has 2 aromatic rings. The van der Waals surface area contributed by atoms with E-state index in [2.05, 4.69) is 11.8 Å². The van der Waals surface area contributed by atoms with Gasteiger partial charge in [-0.3, -0.25) is 5.21 Å². The number of amides is 2. The van der Waals surface area contributed by atoms with Gasteiger partial charge in [0.2, 0.25) is 0 Å². The molecule has 4 nitrogen and oxygen atoms in total. The highest BCUT2D eigenvalue weighted by atomic mass is 32.1. The zero-order valence-corrected chi connectivity index (χ0v) is 13.7. The first-order valence-electron chi connectivity index (χ1n) is 6.99. The van der Waals surface area contributed by atoms with Crippen LogP contribution in [-0.4, -0.2) is 22.3 Å². The summed E-state index contributed by atoms with van der Waals surface area (Å²) < 4.78 is 12.9. The van der Waals surface area contributed by atoms with Crippen LogP contribution in [0.5, 0.6) is 0 Å². The SMILES string of the molecule is Cc1cc(C#C[C@@H](C)N(O)C(N)=O)sc1Cc1ccc(F)cc1. The van der Waals surface area contributed by atoms with E-state index in [9.17, 15) is 14.4 Å². The van der Waals surface area contributed by atoms with Gasteiger partial charge in [-0.1, -0.05) is 24.0 Å². The van der Waals surface area contributed by atoms with E-state index in [0.717, 1.165) is 20.9 Å². The number of carbonyl (C=O) groups is 1. The second kappa shape index (κ2) is 7.27. The Labute approximate surface area is 138 Å². The topological polar surface area (TPSA) is 66.6 Å². The summed E-state index contributed by atoms with van der Waals surface area (Å²) in [7, 11) is 0. The Balaban J connectivity index is 2.12. The average molecular weight is 332 g/mol. The van der Waals surface area contributed by atoms with Gasteiger partial charge in [0.25, 0.3) is 0 Å². The van der Waals surface area contributed by atoms with Crippen molar-refractivity contribution in [3.05, 3.63) is 57.0 Å². The minimum atomic E-state index is -0.939. The number of benzene rings is 1. The van der Waals surface area contributed by atoms with Gasteiger partial charge in [-0.25, -0.2) is 9.18 Å². The van der Waals surface area contributed by atoms with Crippen molar-refractivity contribution in [2.45, 2.75) is 26.3 Å². The number of nitrogens with two attached hydrogens (primary N) is 1. The third-order valence-corrected chi connectivity index (χ3v) is 4.45. The first-order valence-corrected chi connectivity index (χ1v) is 7.81. The predicted octanol–water partition coefficient (Wildman–Crippen LogP) is 3.30. The van der Waals surface area contributed by atoms with Gasteiger partial charge in [-0.2, -0.15) is 5.06 Å². The Morgan fingerprint density at radius 1 is 1.43 bits per heavy atom. The van der Waals surface area contributed by atoms with E-state index in [4.69, 9.17) is 5.73 Å². The van der Waals surface area contributed by atoms with Crippen molar-refractivity contribution in [3.63, 3.8) is 0 Å². The van der Waals surface area contributed by atoms with Gasteiger partial charge < -0.3 is 5.73 Å². The number of thiophene rings is 1. The van der Waals surface area contributed by atoms with Gasteiger partial charge in [0.05, 0.1) is 4.88 Å². The van der Waals surface area contributed by atoms with Crippen LogP contribution >= 0.6 is 11.3 Å². The number of halogens is 1. The number of nitrogens with zero attached hydrogens (tertiary/aromatic N) is 1. The number of aryl methyl sites for hydroxylation is 1. The molecule has 23 heavy (non-hydrogen) atoms. The van der Waals surface area contributed by atoms with Gasteiger partial charge in [0.15, 0.2) is 0 Å². The molecule has 120 valence electrons. The van der Waals surface area contributed by atoms with E-state index in [1.54, 1.807) is 19.1 Å². The molecule has 0 aliphatic carbocycles. The van der Waals surface area contributed by atoms with Crippen LogP contribution in [0, 0.1) is 24.6 Å². The van der Waals surface area contributed by atoms with Crippen molar-refractivity contribution >= 4 is 17.4 Å². The molecule has 0 aliphatic heterocycles. The number of hydroxylamine groups is 2. The van der Waals surface area contributed by atoms with Crippen LogP contribution in [0.15, 0.2) is 30.3 Å². The van der Waals surface area contributed by atoms with Gasteiger partial charge >= 0.3 is 6.03 Å². The summed E-state index contributed by atoms with van der Waals surface area (Å²) in [6.45, 7) is 3.57. The van der Waals surface area contributed by atoms with Gasteiger partial charge in [-0.15, -0.1) is 11.3 Å². The Hall–Kier alpha value is -2.36. The Bertz CT molecular complexity index is 759. The maximum Gasteiger partial charge on any atom is 0.339 e. The zero-order chi connectivity index (χ0) is 17.0. The van der Waals surface area contributed by atoms with Gasteiger partial charge in [-0.05, 0) is 43.2 Å². The number of hydrogen-bond donors (Lipinski definition) is 2. The summed E-state index contributed by atoms with van der Waals surface area (Å²) in [4.78, 5) is 12.8. The number of urea groups is 1. The molecular weight excluding hydrogens is 315 g/mol. The fourth-order valence-corrected chi connectivity index (χ4v) is 3.04. The summed E-state index contributed by atoms with van der Waals surface area (Å²) in [5.41, 5.74) is 7.11. The summed E-state index contributed by atoms with van der Waals surface area (Å²) in [5, 5.41) is 9.77. The number of carbonyl (C=O) groups excluding carboxylic acids is 1. The minimum Gasteiger partial charge on any atom is -0.350 e. The van der Waals surface area contributed by atoms with E-state index in [-0.39, 0.29) is 5.82 Å².